The molecule has 0 saturated carbocycles. The first-order chi connectivity index (χ1) is 3.27. The maximum Gasteiger partial charge on any atom is 0.404 e. The molecule has 46 valence electrons. The van der Waals surface area contributed by atoms with Crippen molar-refractivity contribution in [1.29, 1.82) is 0 Å². The zero-order valence-corrected chi connectivity index (χ0v) is 7.98. The second kappa shape index (κ2) is 7.62. The van der Waals surface area contributed by atoms with Crippen LogP contribution in [0.2, 0.25) is 0 Å². The van der Waals surface area contributed by atoms with Crippen molar-refractivity contribution in [3.05, 3.63) is 0 Å². The third-order valence-corrected chi connectivity index (χ3v) is 0.526. The van der Waals surface area contributed by atoms with Crippen molar-refractivity contribution in [3.63, 3.8) is 0 Å². The monoisotopic (exact) mass is 245 g/mol. The van der Waals surface area contributed by atoms with Crippen LogP contribution in [0.25, 0.3) is 0 Å². The largest absolute Gasteiger partial charge is 0.465 e. The van der Waals surface area contributed by atoms with E-state index in [1.807, 2.05) is 6.92 Å². The van der Waals surface area contributed by atoms with Gasteiger partial charge in [-0.1, -0.05) is 6.92 Å². The molecular formula is C4H9NNdO2. The first-order valence-corrected chi connectivity index (χ1v) is 2.24. The van der Waals surface area contributed by atoms with Crippen LogP contribution in [0.1, 0.15) is 13.3 Å². The van der Waals surface area contributed by atoms with E-state index in [-0.39, 0.29) is 40.8 Å². The molecule has 0 aliphatic carbocycles. The van der Waals surface area contributed by atoms with Crippen LogP contribution in [0.3, 0.4) is 0 Å². The molecule has 0 aromatic rings. The molecule has 0 atom stereocenters. The van der Waals surface area contributed by atoms with Crippen molar-refractivity contribution in [1.82, 2.24) is 5.32 Å². The molecular weight excluding hydrogens is 238 g/mol. The minimum absolute atomic E-state index is 0. The fraction of sp³-hybridized carbons (Fsp3) is 0.750. The summed E-state index contributed by atoms with van der Waals surface area (Å²) in [5, 5.41) is 10.1. The van der Waals surface area contributed by atoms with Gasteiger partial charge in [0.1, 0.15) is 0 Å². The van der Waals surface area contributed by atoms with Gasteiger partial charge in [-0.15, -0.1) is 0 Å². The number of carboxylic acid groups (broad SMARTS) is 1. The molecule has 0 aliphatic rings. The van der Waals surface area contributed by atoms with Gasteiger partial charge in [0.2, 0.25) is 0 Å². The van der Waals surface area contributed by atoms with Crippen LogP contribution in [0, 0.1) is 40.8 Å². The molecule has 0 unspecified atom stereocenters. The van der Waals surface area contributed by atoms with Crippen LogP contribution in [-0.2, 0) is 0 Å². The Morgan fingerprint density at radius 1 is 1.75 bits per heavy atom. The van der Waals surface area contributed by atoms with E-state index < -0.39 is 6.09 Å². The molecule has 2 N–H and O–H groups in total. The molecule has 0 heterocycles. The van der Waals surface area contributed by atoms with Gasteiger partial charge >= 0.3 is 6.09 Å². The molecule has 0 bridgehead atoms. The van der Waals surface area contributed by atoms with Crippen molar-refractivity contribution in [2.75, 3.05) is 6.54 Å². The van der Waals surface area contributed by atoms with E-state index in [2.05, 4.69) is 5.32 Å². The summed E-state index contributed by atoms with van der Waals surface area (Å²) in [4.78, 5) is 9.65. The molecule has 0 radical (unpaired) electrons. The van der Waals surface area contributed by atoms with Gasteiger partial charge < -0.3 is 10.4 Å². The van der Waals surface area contributed by atoms with Crippen LogP contribution >= 0.6 is 0 Å². The van der Waals surface area contributed by atoms with Gasteiger partial charge in [0.15, 0.2) is 0 Å². The molecule has 0 spiro atoms. The number of hydrogen-bond donors (Lipinski definition) is 2. The molecule has 3 nitrogen and oxygen atoms in total. The summed E-state index contributed by atoms with van der Waals surface area (Å²) in [6, 6.07) is 0. The molecule has 0 fully saturated rings. The van der Waals surface area contributed by atoms with Crippen molar-refractivity contribution in [2.45, 2.75) is 13.3 Å². The minimum atomic E-state index is -0.943. The first-order valence-electron chi connectivity index (χ1n) is 2.24. The second-order valence-electron chi connectivity index (χ2n) is 1.23. The number of carbonyl (C=O) groups is 1. The van der Waals surface area contributed by atoms with Gasteiger partial charge in [0.05, 0.1) is 0 Å². The Hall–Kier alpha value is 0.621. The Bertz CT molecular complexity index is 67.1. The standard InChI is InChI=1S/C4H9NO2.Nd/c1-2-3-5-4(6)7;/h5H,2-3H2,1H3,(H,6,7);. The van der Waals surface area contributed by atoms with Crippen LogP contribution in [0.15, 0.2) is 0 Å². The van der Waals surface area contributed by atoms with E-state index >= 15 is 0 Å². The number of amides is 1. The molecule has 0 aromatic heterocycles. The van der Waals surface area contributed by atoms with Crippen LogP contribution in [0.5, 0.6) is 0 Å². The molecule has 0 rings (SSSR count). The molecule has 0 aromatic carbocycles. The molecule has 4 heteroatoms. The Labute approximate surface area is 81.4 Å². The van der Waals surface area contributed by atoms with Crippen LogP contribution in [-0.4, -0.2) is 17.7 Å². The minimum Gasteiger partial charge on any atom is -0.465 e. The predicted octanol–water partition coefficient (Wildman–Crippen LogP) is 0.664. The van der Waals surface area contributed by atoms with Gasteiger partial charge in [-0.2, -0.15) is 0 Å². The summed E-state index contributed by atoms with van der Waals surface area (Å²) in [6.07, 6.45) is -0.0893. The average molecular weight is 247 g/mol. The van der Waals surface area contributed by atoms with E-state index in [0.29, 0.717) is 6.54 Å². The second-order valence-corrected chi connectivity index (χ2v) is 1.23. The van der Waals surface area contributed by atoms with E-state index in [1.165, 1.54) is 0 Å². The normalized spacial score (nSPS) is 7.12. The van der Waals surface area contributed by atoms with Gasteiger partial charge in [-0.3, -0.25) is 0 Å². The summed E-state index contributed by atoms with van der Waals surface area (Å²) in [7, 11) is 0. The zero-order valence-electron chi connectivity index (χ0n) is 4.77. The summed E-state index contributed by atoms with van der Waals surface area (Å²) < 4.78 is 0. The number of hydrogen-bond acceptors (Lipinski definition) is 1. The fourth-order valence-electron chi connectivity index (χ4n) is 0.232. The average Bonchev–Trinajstić information content (AvgIpc) is 1.61. The van der Waals surface area contributed by atoms with E-state index in [9.17, 15) is 4.79 Å². The fourth-order valence-corrected chi connectivity index (χ4v) is 0.232. The summed E-state index contributed by atoms with van der Waals surface area (Å²) >= 11 is 0. The molecule has 0 aliphatic heterocycles. The van der Waals surface area contributed by atoms with E-state index in [1.54, 1.807) is 0 Å². The Morgan fingerprint density at radius 3 is 2.38 bits per heavy atom. The molecule has 1 amide bonds. The third-order valence-electron chi connectivity index (χ3n) is 0.526. The first kappa shape index (κ1) is 11.4. The van der Waals surface area contributed by atoms with Crippen LogP contribution < -0.4 is 5.32 Å². The van der Waals surface area contributed by atoms with Crippen LogP contribution in [0.4, 0.5) is 4.79 Å². The third kappa shape index (κ3) is 9.80. The zero-order chi connectivity index (χ0) is 5.70. The van der Waals surface area contributed by atoms with Gasteiger partial charge in [0.25, 0.3) is 0 Å². The van der Waals surface area contributed by atoms with Gasteiger partial charge in [0, 0.05) is 47.4 Å². The Balaban J connectivity index is 0. The summed E-state index contributed by atoms with van der Waals surface area (Å²) in [5.74, 6) is 0. The predicted molar refractivity (Wildman–Crippen MR) is 26.3 cm³/mol. The summed E-state index contributed by atoms with van der Waals surface area (Å²) in [6.45, 7) is 2.46. The van der Waals surface area contributed by atoms with E-state index in [0.717, 1.165) is 6.42 Å². The Kier molecular flexibility index (Phi) is 10.9. The molecule has 8 heavy (non-hydrogen) atoms. The smallest absolute Gasteiger partial charge is 0.404 e. The van der Waals surface area contributed by atoms with Gasteiger partial charge in [-0.05, 0) is 6.42 Å². The Morgan fingerprint density at radius 2 is 2.25 bits per heavy atom. The van der Waals surface area contributed by atoms with E-state index in [4.69, 9.17) is 5.11 Å². The topological polar surface area (TPSA) is 49.3 Å². The maximum absolute atomic E-state index is 9.65. The SMILES string of the molecule is CCCNC(=O)O.[Nd]. The number of nitrogens with one attached hydrogen (secondary N) is 1. The maximum atomic E-state index is 9.65. The summed E-state index contributed by atoms with van der Waals surface area (Å²) in [5.41, 5.74) is 0. The van der Waals surface area contributed by atoms with Crippen molar-refractivity contribution < 1.29 is 50.7 Å². The van der Waals surface area contributed by atoms with Gasteiger partial charge in [-0.25, -0.2) is 4.79 Å². The van der Waals surface area contributed by atoms with Crippen molar-refractivity contribution in [3.8, 4) is 0 Å². The molecule has 0 saturated heterocycles. The van der Waals surface area contributed by atoms with Crippen molar-refractivity contribution in [2.24, 2.45) is 0 Å². The quantitative estimate of drug-likeness (QED) is 0.753. The van der Waals surface area contributed by atoms with Crippen molar-refractivity contribution >= 4 is 6.09 Å². The number of rotatable bonds is 2.